The molecule has 0 fully saturated rings. The molecule has 0 saturated carbocycles. The molecule has 0 amide bonds. The second-order valence-electron chi connectivity index (χ2n) is 4.55. The van der Waals surface area contributed by atoms with Crippen molar-refractivity contribution in [2.45, 2.75) is 53.1 Å². The highest BCUT2D eigenvalue weighted by Crippen LogP contribution is 2.23. The van der Waals surface area contributed by atoms with E-state index in [1.807, 2.05) is 18.5 Å². The normalized spacial score (nSPS) is 13.4. The molecule has 92 valence electrons. The van der Waals surface area contributed by atoms with E-state index in [9.17, 15) is 0 Å². The van der Waals surface area contributed by atoms with Crippen LogP contribution >= 0.6 is 11.6 Å². The van der Waals surface area contributed by atoms with Crippen LogP contribution in [0.5, 0.6) is 0 Å². The van der Waals surface area contributed by atoms with Crippen LogP contribution in [0.1, 0.15) is 44.6 Å². The van der Waals surface area contributed by atoms with Crippen LogP contribution in [-0.4, -0.2) is 22.4 Å². The van der Waals surface area contributed by atoms with Gasteiger partial charge in [-0.3, -0.25) is 4.68 Å². The molecule has 0 aliphatic carbocycles. The van der Waals surface area contributed by atoms with Crippen LogP contribution in [-0.2, 0) is 0 Å². The third-order valence-electron chi connectivity index (χ3n) is 2.82. The zero-order chi connectivity index (χ0) is 12.3. The first-order valence-corrected chi connectivity index (χ1v) is 6.29. The first-order chi connectivity index (χ1) is 7.47. The standard InChI is InChI=1S/C12H22ClN3/c1-6-11(7-14-8(2)3)16-10(5)12(13)9(4)15-16/h8,11,14H,6-7H2,1-5H3. The summed E-state index contributed by atoms with van der Waals surface area (Å²) >= 11 is 6.16. The molecular formula is C12H22ClN3. The number of nitrogens with zero attached hydrogens (tertiary/aromatic N) is 2. The van der Waals surface area contributed by atoms with Crippen LogP contribution in [0.15, 0.2) is 0 Å². The van der Waals surface area contributed by atoms with Gasteiger partial charge in [-0.2, -0.15) is 5.10 Å². The molecule has 1 atom stereocenters. The first-order valence-electron chi connectivity index (χ1n) is 5.91. The lowest BCUT2D eigenvalue weighted by Crippen LogP contribution is -2.31. The Morgan fingerprint density at radius 3 is 2.38 bits per heavy atom. The summed E-state index contributed by atoms with van der Waals surface area (Å²) in [5.41, 5.74) is 1.98. The van der Waals surface area contributed by atoms with E-state index in [1.165, 1.54) is 0 Å². The molecule has 0 aliphatic heterocycles. The predicted molar refractivity (Wildman–Crippen MR) is 69.2 cm³/mol. The van der Waals surface area contributed by atoms with E-state index < -0.39 is 0 Å². The first kappa shape index (κ1) is 13.5. The minimum Gasteiger partial charge on any atom is -0.312 e. The number of rotatable bonds is 5. The third kappa shape index (κ3) is 2.98. The van der Waals surface area contributed by atoms with Gasteiger partial charge in [-0.15, -0.1) is 0 Å². The van der Waals surface area contributed by atoms with E-state index in [4.69, 9.17) is 11.6 Å². The number of hydrogen-bond acceptors (Lipinski definition) is 2. The van der Waals surface area contributed by atoms with Crippen molar-refractivity contribution in [3.8, 4) is 0 Å². The molecule has 3 nitrogen and oxygen atoms in total. The van der Waals surface area contributed by atoms with E-state index >= 15 is 0 Å². The van der Waals surface area contributed by atoms with Gasteiger partial charge in [0.15, 0.2) is 0 Å². The van der Waals surface area contributed by atoms with Crippen molar-refractivity contribution in [1.29, 1.82) is 0 Å². The molecule has 0 saturated heterocycles. The molecule has 1 aromatic rings. The summed E-state index contributed by atoms with van der Waals surface area (Å²) in [5, 5.41) is 8.75. The fourth-order valence-electron chi connectivity index (χ4n) is 1.77. The van der Waals surface area contributed by atoms with Crippen LogP contribution in [0.2, 0.25) is 5.02 Å². The minimum absolute atomic E-state index is 0.383. The summed E-state index contributed by atoms with van der Waals surface area (Å²) in [7, 11) is 0. The maximum absolute atomic E-state index is 6.16. The molecule has 1 rings (SSSR count). The lowest BCUT2D eigenvalue weighted by molar-refractivity contribution is 0.389. The molecule has 0 bridgehead atoms. The van der Waals surface area contributed by atoms with E-state index in [0.29, 0.717) is 12.1 Å². The summed E-state index contributed by atoms with van der Waals surface area (Å²) in [6.45, 7) is 11.4. The maximum atomic E-state index is 6.16. The largest absolute Gasteiger partial charge is 0.312 e. The predicted octanol–water partition coefficient (Wildman–Crippen LogP) is 3.10. The van der Waals surface area contributed by atoms with Gasteiger partial charge in [0.25, 0.3) is 0 Å². The number of nitrogens with one attached hydrogen (secondary N) is 1. The molecule has 4 heteroatoms. The quantitative estimate of drug-likeness (QED) is 0.861. The van der Waals surface area contributed by atoms with Gasteiger partial charge < -0.3 is 5.32 Å². The molecular weight excluding hydrogens is 222 g/mol. The Bertz CT molecular complexity index is 344. The van der Waals surface area contributed by atoms with Crippen molar-refractivity contribution in [2.24, 2.45) is 0 Å². The summed E-state index contributed by atoms with van der Waals surface area (Å²) in [6, 6.07) is 0.884. The van der Waals surface area contributed by atoms with E-state index in [-0.39, 0.29) is 0 Å². The molecule has 1 aromatic heterocycles. The fraction of sp³-hybridized carbons (Fsp3) is 0.750. The summed E-state index contributed by atoms with van der Waals surface area (Å²) < 4.78 is 2.05. The number of hydrogen-bond donors (Lipinski definition) is 1. The number of halogens is 1. The van der Waals surface area contributed by atoms with Crippen molar-refractivity contribution in [3.05, 3.63) is 16.4 Å². The summed E-state index contributed by atoms with van der Waals surface area (Å²) in [5.74, 6) is 0. The molecule has 16 heavy (non-hydrogen) atoms. The second-order valence-corrected chi connectivity index (χ2v) is 4.93. The Balaban J connectivity index is 2.82. The van der Waals surface area contributed by atoms with E-state index in [0.717, 1.165) is 29.4 Å². The average molecular weight is 244 g/mol. The summed E-state index contributed by atoms with van der Waals surface area (Å²) in [6.07, 6.45) is 1.05. The Morgan fingerprint density at radius 2 is 2.00 bits per heavy atom. The molecule has 1 heterocycles. The van der Waals surface area contributed by atoms with Crippen molar-refractivity contribution >= 4 is 11.6 Å². The molecule has 0 aliphatic rings. The van der Waals surface area contributed by atoms with Crippen LogP contribution in [0.3, 0.4) is 0 Å². The van der Waals surface area contributed by atoms with Gasteiger partial charge in [0, 0.05) is 12.6 Å². The third-order valence-corrected chi connectivity index (χ3v) is 3.36. The van der Waals surface area contributed by atoms with Gasteiger partial charge in [0.1, 0.15) is 0 Å². The van der Waals surface area contributed by atoms with E-state index in [2.05, 4.69) is 31.2 Å². The van der Waals surface area contributed by atoms with Crippen LogP contribution in [0.4, 0.5) is 0 Å². The molecule has 1 N–H and O–H groups in total. The maximum Gasteiger partial charge on any atom is 0.0844 e. The minimum atomic E-state index is 0.383. The highest BCUT2D eigenvalue weighted by atomic mass is 35.5. The van der Waals surface area contributed by atoms with Crippen LogP contribution in [0, 0.1) is 13.8 Å². The van der Waals surface area contributed by atoms with Gasteiger partial charge in [-0.05, 0) is 20.3 Å². The Hall–Kier alpha value is -0.540. The molecule has 0 radical (unpaired) electrons. The van der Waals surface area contributed by atoms with Crippen molar-refractivity contribution in [2.75, 3.05) is 6.54 Å². The molecule has 1 unspecified atom stereocenters. The Morgan fingerprint density at radius 1 is 1.38 bits per heavy atom. The Labute approximate surface area is 103 Å². The molecule has 0 spiro atoms. The van der Waals surface area contributed by atoms with Crippen LogP contribution < -0.4 is 5.32 Å². The average Bonchev–Trinajstić information content (AvgIpc) is 2.47. The monoisotopic (exact) mass is 243 g/mol. The van der Waals surface area contributed by atoms with Crippen molar-refractivity contribution in [1.82, 2.24) is 15.1 Å². The van der Waals surface area contributed by atoms with Crippen molar-refractivity contribution in [3.63, 3.8) is 0 Å². The summed E-state index contributed by atoms with van der Waals surface area (Å²) in [4.78, 5) is 0. The van der Waals surface area contributed by atoms with Crippen LogP contribution in [0.25, 0.3) is 0 Å². The van der Waals surface area contributed by atoms with E-state index in [1.54, 1.807) is 0 Å². The number of aromatic nitrogens is 2. The lowest BCUT2D eigenvalue weighted by atomic mass is 10.2. The lowest BCUT2D eigenvalue weighted by Gasteiger charge is -2.19. The number of aryl methyl sites for hydroxylation is 1. The smallest absolute Gasteiger partial charge is 0.0844 e. The zero-order valence-electron chi connectivity index (χ0n) is 10.8. The Kier molecular flexibility index (Phi) is 4.81. The van der Waals surface area contributed by atoms with Gasteiger partial charge in [-0.25, -0.2) is 0 Å². The molecule has 0 aromatic carbocycles. The zero-order valence-corrected chi connectivity index (χ0v) is 11.6. The van der Waals surface area contributed by atoms with Gasteiger partial charge >= 0.3 is 0 Å². The van der Waals surface area contributed by atoms with Gasteiger partial charge in [0.2, 0.25) is 0 Å². The van der Waals surface area contributed by atoms with Gasteiger partial charge in [0.05, 0.1) is 22.5 Å². The topological polar surface area (TPSA) is 29.9 Å². The highest BCUT2D eigenvalue weighted by molar-refractivity contribution is 6.31. The highest BCUT2D eigenvalue weighted by Gasteiger charge is 2.16. The fourth-order valence-corrected chi connectivity index (χ4v) is 1.90. The second kappa shape index (κ2) is 5.69. The van der Waals surface area contributed by atoms with Crippen molar-refractivity contribution < 1.29 is 0 Å². The SMILES string of the molecule is CCC(CNC(C)C)n1nc(C)c(Cl)c1C. The van der Waals surface area contributed by atoms with Gasteiger partial charge in [-0.1, -0.05) is 32.4 Å².